The first-order valence-electron chi connectivity index (χ1n) is 9.68. The van der Waals surface area contributed by atoms with Gasteiger partial charge in [-0.2, -0.15) is 0 Å². The fourth-order valence-electron chi connectivity index (χ4n) is 3.92. The molecular formula is C24H17N3O5. The zero-order valence-corrected chi connectivity index (χ0v) is 16.9. The number of fused-ring (bicyclic) bond motifs is 2. The molecule has 0 bridgehead atoms. The first-order valence-corrected chi connectivity index (χ1v) is 9.68. The first-order chi connectivity index (χ1) is 15.3. The number of Topliss-reactive ketones (excluding diaryl/α,β-unsaturated/α-hetero) is 1. The van der Waals surface area contributed by atoms with Gasteiger partial charge in [-0.25, -0.2) is 4.98 Å². The van der Waals surface area contributed by atoms with Crippen LogP contribution >= 0.6 is 0 Å². The number of carbonyl (C=O) groups excluding carboxylic acids is 2. The third kappa shape index (κ3) is 2.97. The summed E-state index contributed by atoms with van der Waals surface area (Å²) in [5.41, 5.74) is 8.82. The van der Waals surface area contributed by atoms with E-state index in [1.54, 1.807) is 36.5 Å². The van der Waals surface area contributed by atoms with Crippen molar-refractivity contribution < 1.29 is 24.5 Å². The van der Waals surface area contributed by atoms with Crippen molar-refractivity contribution in [2.75, 3.05) is 0 Å². The maximum absolute atomic E-state index is 12.8. The van der Waals surface area contributed by atoms with Crippen LogP contribution in [0, 0.1) is 0 Å². The van der Waals surface area contributed by atoms with Gasteiger partial charge in [0.15, 0.2) is 5.76 Å². The van der Waals surface area contributed by atoms with Gasteiger partial charge in [0.25, 0.3) is 0 Å². The highest BCUT2D eigenvalue weighted by Crippen LogP contribution is 2.41. The van der Waals surface area contributed by atoms with E-state index in [1.807, 2.05) is 23.9 Å². The van der Waals surface area contributed by atoms with Gasteiger partial charge < -0.3 is 25.3 Å². The predicted molar refractivity (Wildman–Crippen MR) is 117 cm³/mol. The Kier molecular flexibility index (Phi) is 4.23. The molecule has 0 spiro atoms. The van der Waals surface area contributed by atoms with Gasteiger partial charge in [-0.15, -0.1) is 0 Å². The molecule has 0 atom stereocenters. The van der Waals surface area contributed by atoms with E-state index in [-0.39, 0.29) is 28.6 Å². The van der Waals surface area contributed by atoms with Gasteiger partial charge in [-0.3, -0.25) is 9.59 Å². The Balaban J connectivity index is 1.65. The summed E-state index contributed by atoms with van der Waals surface area (Å²) in [5, 5.41) is 20.5. The number of nitrogens with zero attached hydrogens (tertiary/aromatic N) is 2. The number of amides is 1. The number of nitrogens with two attached hydrogens (primary N) is 1. The summed E-state index contributed by atoms with van der Waals surface area (Å²) in [6.45, 7) is 0. The van der Waals surface area contributed by atoms with E-state index in [1.165, 1.54) is 6.07 Å². The van der Waals surface area contributed by atoms with Crippen LogP contribution in [0.15, 0.2) is 60.6 Å². The molecule has 0 unspecified atom stereocenters. The number of aromatic nitrogens is 2. The summed E-state index contributed by atoms with van der Waals surface area (Å²) < 4.78 is 7.47. The summed E-state index contributed by atoms with van der Waals surface area (Å²) in [7, 11) is 1.84. The van der Waals surface area contributed by atoms with E-state index in [9.17, 15) is 19.8 Å². The van der Waals surface area contributed by atoms with Crippen LogP contribution < -0.4 is 10.5 Å². The second kappa shape index (κ2) is 6.98. The number of primary amides is 1. The largest absolute Gasteiger partial charge is 0.508 e. The monoisotopic (exact) mass is 427 g/mol. The van der Waals surface area contributed by atoms with Crippen molar-refractivity contribution in [3.8, 4) is 28.4 Å². The van der Waals surface area contributed by atoms with Gasteiger partial charge >= 0.3 is 0 Å². The maximum Gasteiger partial charge on any atom is 0.248 e. The third-order valence-electron chi connectivity index (χ3n) is 5.39. The molecule has 2 aromatic heterocycles. The van der Waals surface area contributed by atoms with Crippen LogP contribution in [-0.2, 0) is 7.05 Å². The van der Waals surface area contributed by atoms with Gasteiger partial charge in [-0.1, -0.05) is 12.1 Å². The highest BCUT2D eigenvalue weighted by molar-refractivity contribution is 6.17. The molecule has 1 aliphatic rings. The smallest absolute Gasteiger partial charge is 0.248 e. The fourth-order valence-corrected chi connectivity index (χ4v) is 3.92. The van der Waals surface area contributed by atoms with Crippen molar-refractivity contribution in [1.82, 2.24) is 9.55 Å². The number of ether oxygens (including phenoxy) is 1. The number of hydrogen-bond donors (Lipinski definition) is 3. The molecule has 1 amide bonds. The van der Waals surface area contributed by atoms with E-state index in [0.29, 0.717) is 16.8 Å². The Morgan fingerprint density at radius 1 is 1.16 bits per heavy atom. The van der Waals surface area contributed by atoms with E-state index in [0.717, 1.165) is 22.6 Å². The lowest BCUT2D eigenvalue weighted by atomic mass is 9.99. The first kappa shape index (κ1) is 19.4. The molecule has 8 heteroatoms. The molecular weight excluding hydrogens is 410 g/mol. The summed E-state index contributed by atoms with van der Waals surface area (Å²) in [4.78, 5) is 28.7. The number of aromatic hydroxyl groups is 2. The molecule has 5 rings (SSSR count). The number of allylic oxidation sites excluding steroid dienone is 1. The molecule has 158 valence electrons. The summed E-state index contributed by atoms with van der Waals surface area (Å²) in [5.74, 6) is -1.42. The van der Waals surface area contributed by atoms with Crippen LogP contribution in [0.4, 0.5) is 0 Å². The van der Waals surface area contributed by atoms with Gasteiger partial charge in [0.05, 0.1) is 0 Å². The van der Waals surface area contributed by atoms with Gasteiger partial charge in [0.2, 0.25) is 11.7 Å². The average molecular weight is 427 g/mol. The lowest BCUT2D eigenvalue weighted by Crippen LogP contribution is -2.10. The summed E-state index contributed by atoms with van der Waals surface area (Å²) in [6.07, 6.45) is 5.09. The van der Waals surface area contributed by atoms with E-state index < -0.39 is 11.7 Å². The number of phenolic OH excluding ortho intramolecular Hbond substituents is 2. The van der Waals surface area contributed by atoms with E-state index in [4.69, 9.17) is 10.5 Å². The SMILES string of the molecule is Cn1cc(/C=C2\Oc3cc(O)cc(O)c3C2=O)c2c(-c3ccc(C(N)=O)cc3)ccnc21. The molecule has 4 aromatic rings. The number of carbonyl (C=O) groups is 2. The number of benzene rings is 2. The summed E-state index contributed by atoms with van der Waals surface area (Å²) >= 11 is 0. The lowest BCUT2D eigenvalue weighted by molar-refractivity contribution is 0.0996. The number of hydrogen-bond acceptors (Lipinski definition) is 6. The molecule has 0 saturated heterocycles. The number of ketones is 1. The highest BCUT2D eigenvalue weighted by Gasteiger charge is 2.31. The van der Waals surface area contributed by atoms with Crippen LogP contribution in [0.5, 0.6) is 17.2 Å². The molecule has 0 radical (unpaired) electrons. The molecule has 3 heterocycles. The number of pyridine rings is 1. The standard InChI is InChI=1S/C24H17N3O5/c1-27-11-14(8-19-22(30)21-17(29)9-15(28)10-18(21)32-19)20-16(6-7-26-24(20)27)12-2-4-13(5-3-12)23(25)31/h2-11,28-29H,1H3,(H2,25,31)/b19-8-. The van der Waals surface area contributed by atoms with Crippen LogP contribution in [0.3, 0.4) is 0 Å². The highest BCUT2D eigenvalue weighted by atomic mass is 16.5. The average Bonchev–Trinajstić information content (AvgIpc) is 3.25. The minimum Gasteiger partial charge on any atom is -0.508 e. The molecule has 4 N–H and O–H groups in total. The van der Waals surface area contributed by atoms with Crippen molar-refractivity contribution in [1.29, 1.82) is 0 Å². The van der Waals surface area contributed by atoms with E-state index >= 15 is 0 Å². The zero-order valence-electron chi connectivity index (χ0n) is 16.9. The normalized spacial score (nSPS) is 14.0. The number of rotatable bonds is 3. The number of aryl methyl sites for hydroxylation is 1. The minimum absolute atomic E-state index is 0.00896. The zero-order chi connectivity index (χ0) is 22.6. The Morgan fingerprint density at radius 2 is 1.91 bits per heavy atom. The van der Waals surface area contributed by atoms with Crippen molar-refractivity contribution in [2.24, 2.45) is 12.8 Å². The van der Waals surface area contributed by atoms with Crippen LogP contribution in [0.25, 0.3) is 28.2 Å². The van der Waals surface area contributed by atoms with E-state index in [2.05, 4.69) is 4.98 Å². The van der Waals surface area contributed by atoms with Gasteiger partial charge in [-0.05, 0) is 35.4 Å². The molecule has 8 nitrogen and oxygen atoms in total. The van der Waals surface area contributed by atoms with Crippen molar-refractivity contribution >= 4 is 28.8 Å². The quantitative estimate of drug-likeness (QED) is 0.430. The molecule has 2 aromatic carbocycles. The lowest BCUT2D eigenvalue weighted by Gasteiger charge is -2.06. The Bertz CT molecular complexity index is 1470. The molecule has 0 saturated carbocycles. The van der Waals surface area contributed by atoms with Crippen LogP contribution in [-0.4, -0.2) is 31.5 Å². The van der Waals surface area contributed by atoms with Gasteiger partial charge in [0.1, 0.15) is 28.5 Å². The topological polar surface area (TPSA) is 128 Å². The Morgan fingerprint density at radius 3 is 2.62 bits per heavy atom. The minimum atomic E-state index is -0.507. The second-order valence-electron chi connectivity index (χ2n) is 7.47. The molecule has 0 aliphatic carbocycles. The van der Waals surface area contributed by atoms with Crippen molar-refractivity contribution in [3.05, 3.63) is 77.3 Å². The third-order valence-corrected chi connectivity index (χ3v) is 5.39. The Labute approximate surface area is 181 Å². The summed E-state index contributed by atoms with van der Waals surface area (Å²) in [6, 6.07) is 11.1. The molecule has 32 heavy (non-hydrogen) atoms. The molecule has 0 fully saturated rings. The maximum atomic E-state index is 12.8. The van der Waals surface area contributed by atoms with Crippen LogP contribution in [0.1, 0.15) is 26.3 Å². The Hall–Kier alpha value is -4.59. The second-order valence-corrected chi connectivity index (χ2v) is 7.47. The fraction of sp³-hybridized carbons (Fsp3) is 0.0417. The number of phenols is 2. The van der Waals surface area contributed by atoms with Crippen molar-refractivity contribution in [2.45, 2.75) is 0 Å². The predicted octanol–water partition coefficient (Wildman–Crippen LogP) is 3.37. The van der Waals surface area contributed by atoms with Gasteiger partial charge in [0, 0.05) is 48.1 Å². The van der Waals surface area contributed by atoms with Crippen molar-refractivity contribution in [3.63, 3.8) is 0 Å². The molecule has 1 aliphatic heterocycles. The van der Waals surface area contributed by atoms with Crippen LogP contribution in [0.2, 0.25) is 0 Å².